The van der Waals surface area contributed by atoms with Gasteiger partial charge in [0.25, 0.3) is 0 Å². The van der Waals surface area contributed by atoms with E-state index in [0.717, 1.165) is 6.54 Å². The highest BCUT2D eigenvalue weighted by molar-refractivity contribution is 5.55. The molecule has 0 heterocycles. The molecule has 0 atom stereocenters. The topological polar surface area (TPSA) is 3.24 Å². The molecule has 0 unspecified atom stereocenters. The molecule has 2 aromatic carbocycles. The fourth-order valence-electron chi connectivity index (χ4n) is 2.60. The van der Waals surface area contributed by atoms with Crippen LogP contribution in [0.15, 0.2) is 85.6 Å². The Balaban J connectivity index is 2.25. The van der Waals surface area contributed by atoms with E-state index >= 15 is 0 Å². The van der Waals surface area contributed by atoms with Gasteiger partial charge in [-0.25, -0.2) is 0 Å². The Morgan fingerprint density at radius 1 is 0.958 bits per heavy atom. The highest BCUT2D eigenvalue weighted by Gasteiger charge is 2.07. The van der Waals surface area contributed by atoms with Crippen molar-refractivity contribution in [2.75, 3.05) is 4.90 Å². The second-order valence-corrected chi connectivity index (χ2v) is 6.27. The zero-order valence-corrected chi connectivity index (χ0v) is 14.9. The van der Waals surface area contributed by atoms with E-state index < -0.39 is 0 Å². The molecule has 1 heteroatoms. The molecular formula is C23H27N. The average molecular weight is 317 g/mol. The Morgan fingerprint density at radius 3 is 2.29 bits per heavy atom. The van der Waals surface area contributed by atoms with Crippen LogP contribution in [0.2, 0.25) is 0 Å². The molecular weight excluding hydrogens is 290 g/mol. The van der Waals surface area contributed by atoms with E-state index in [1.165, 1.54) is 22.4 Å². The monoisotopic (exact) mass is 317 g/mol. The molecule has 0 aliphatic carbocycles. The van der Waals surface area contributed by atoms with E-state index in [-0.39, 0.29) is 0 Å². The van der Waals surface area contributed by atoms with Crippen molar-refractivity contribution in [3.8, 4) is 0 Å². The summed E-state index contributed by atoms with van der Waals surface area (Å²) in [4.78, 5) is 2.28. The van der Waals surface area contributed by atoms with Crippen molar-refractivity contribution in [3.63, 3.8) is 0 Å². The third kappa shape index (κ3) is 4.99. The Bertz CT molecular complexity index is 705. The fraction of sp³-hybridized carbons (Fsp3) is 0.217. The molecule has 2 aromatic rings. The van der Waals surface area contributed by atoms with Crippen molar-refractivity contribution in [1.82, 2.24) is 0 Å². The second-order valence-electron chi connectivity index (χ2n) is 6.27. The number of nitrogens with zero attached hydrogens (tertiary/aromatic N) is 1. The second kappa shape index (κ2) is 8.93. The van der Waals surface area contributed by atoms with Gasteiger partial charge in [0.05, 0.1) is 0 Å². The van der Waals surface area contributed by atoms with Gasteiger partial charge in [-0.2, -0.15) is 0 Å². The van der Waals surface area contributed by atoms with Crippen LogP contribution in [-0.4, -0.2) is 0 Å². The van der Waals surface area contributed by atoms with E-state index in [0.29, 0.717) is 5.92 Å². The summed E-state index contributed by atoms with van der Waals surface area (Å²) in [6, 6.07) is 17.4. The zero-order valence-electron chi connectivity index (χ0n) is 14.9. The molecule has 24 heavy (non-hydrogen) atoms. The van der Waals surface area contributed by atoms with Gasteiger partial charge in [-0.05, 0) is 41.7 Å². The molecule has 0 radical (unpaired) electrons. The molecule has 0 bridgehead atoms. The largest absolute Gasteiger partial charge is 0.343 e. The number of hydrogen-bond acceptors (Lipinski definition) is 1. The summed E-state index contributed by atoms with van der Waals surface area (Å²) < 4.78 is 0. The van der Waals surface area contributed by atoms with E-state index in [1.807, 2.05) is 12.2 Å². The van der Waals surface area contributed by atoms with Gasteiger partial charge in [0.1, 0.15) is 0 Å². The highest BCUT2D eigenvalue weighted by Crippen LogP contribution is 2.23. The summed E-state index contributed by atoms with van der Waals surface area (Å²) in [6.07, 6.45) is 9.90. The van der Waals surface area contributed by atoms with Crippen molar-refractivity contribution >= 4 is 5.69 Å². The summed E-state index contributed by atoms with van der Waals surface area (Å²) in [5.41, 5.74) is 5.19. The van der Waals surface area contributed by atoms with Gasteiger partial charge < -0.3 is 4.90 Å². The molecule has 0 fully saturated rings. The molecule has 0 aliphatic rings. The van der Waals surface area contributed by atoms with Gasteiger partial charge in [-0.3, -0.25) is 0 Å². The Morgan fingerprint density at radius 2 is 1.67 bits per heavy atom. The first-order valence-corrected chi connectivity index (χ1v) is 8.49. The molecule has 0 spiro atoms. The van der Waals surface area contributed by atoms with E-state index in [9.17, 15) is 0 Å². The molecule has 0 amide bonds. The summed E-state index contributed by atoms with van der Waals surface area (Å²) in [5, 5.41) is 0. The molecule has 0 N–H and O–H groups in total. The molecule has 2 rings (SSSR count). The van der Waals surface area contributed by atoms with Gasteiger partial charge in [0.2, 0.25) is 0 Å². The maximum absolute atomic E-state index is 3.71. The fourth-order valence-corrected chi connectivity index (χ4v) is 2.60. The summed E-state index contributed by atoms with van der Waals surface area (Å²) in [6.45, 7) is 11.2. The number of para-hydroxylation sites is 1. The summed E-state index contributed by atoms with van der Waals surface area (Å²) in [7, 11) is 0. The smallest absolute Gasteiger partial charge is 0.0476 e. The molecule has 124 valence electrons. The van der Waals surface area contributed by atoms with Crippen LogP contribution in [0.25, 0.3) is 0 Å². The standard InChI is InChI=1S/C23H27N/c1-5-6-7-10-17-24(23-12-9-8-11-20(23)4)18-21-13-15-22(16-14-21)19(2)3/h5-17,19H,1,18H2,2-4H3/b7-6-,17-10-. The average Bonchev–Trinajstić information content (AvgIpc) is 2.58. The van der Waals surface area contributed by atoms with Crippen molar-refractivity contribution in [3.05, 3.63) is 102 Å². The minimum absolute atomic E-state index is 0.565. The maximum atomic E-state index is 3.71. The lowest BCUT2D eigenvalue weighted by Gasteiger charge is -2.23. The zero-order chi connectivity index (χ0) is 17.4. The lowest BCUT2D eigenvalue weighted by Crippen LogP contribution is -2.16. The molecule has 0 aromatic heterocycles. The number of rotatable bonds is 7. The van der Waals surface area contributed by atoms with E-state index in [4.69, 9.17) is 0 Å². The molecule has 0 saturated carbocycles. The normalized spacial score (nSPS) is 11.5. The number of aryl methyl sites for hydroxylation is 1. The van der Waals surface area contributed by atoms with Gasteiger partial charge >= 0.3 is 0 Å². The van der Waals surface area contributed by atoms with Gasteiger partial charge in [0, 0.05) is 18.4 Å². The van der Waals surface area contributed by atoms with Crippen molar-refractivity contribution in [1.29, 1.82) is 0 Å². The SMILES string of the molecule is C=C/C=C\C=C/N(Cc1ccc(C(C)C)cc1)c1ccccc1C. The van der Waals surface area contributed by atoms with Crippen LogP contribution in [0, 0.1) is 6.92 Å². The Hall–Kier alpha value is -2.54. The molecule has 1 nitrogen and oxygen atoms in total. The summed E-state index contributed by atoms with van der Waals surface area (Å²) >= 11 is 0. The highest BCUT2D eigenvalue weighted by atomic mass is 15.1. The number of allylic oxidation sites excluding steroid dienone is 4. The first-order chi connectivity index (χ1) is 11.6. The van der Waals surface area contributed by atoms with Crippen LogP contribution in [-0.2, 0) is 6.54 Å². The van der Waals surface area contributed by atoms with Crippen LogP contribution in [0.3, 0.4) is 0 Å². The Labute approximate surface area is 146 Å². The van der Waals surface area contributed by atoms with Crippen molar-refractivity contribution in [2.24, 2.45) is 0 Å². The van der Waals surface area contributed by atoms with Gasteiger partial charge in [-0.15, -0.1) is 0 Å². The number of hydrogen-bond donors (Lipinski definition) is 0. The van der Waals surface area contributed by atoms with Gasteiger partial charge in [-0.1, -0.05) is 81.1 Å². The van der Waals surface area contributed by atoms with Crippen molar-refractivity contribution in [2.45, 2.75) is 33.2 Å². The lowest BCUT2D eigenvalue weighted by molar-refractivity contribution is 0.863. The maximum Gasteiger partial charge on any atom is 0.0476 e. The van der Waals surface area contributed by atoms with Crippen molar-refractivity contribution < 1.29 is 0 Å². The van der Waals surface area contributed by atoms with E-state index in [2.05, 4.69) is 93.1 Å². The van der Waals surface area contributed by atoms with Crippen LogP contribution >= 0.6 is 0 Å². The predicted octanol–water partition coefficient (Wildman–Crippen LogP) is 6.38. The molecule has 0 aliphatic heterocycles. The minimum atomic E-state index is 0.565. The first-order valence-electron chi connectivity index (χ1n) is 8.49. The van der Waals surface area contributed by atoms with Crippen LogP contribution in [0.5, 0.6) is 0 Å². The predicted molar refractivity (Wildman–Crippen MR) is 106 cm³/mol. The summed E-state index contributed by atoms with van der Waals surface area (Å²) in [5.74, 6) is 0.565. The first kappa shape index (κ1) is 17.8. The number of anilines is 1. The van der Waals surface area contributed by atoms with Crippen LogP contribution < -0.4 is 4.90 Å². The third-order valence-electron chi connectivity index (χ3n) is 4.05. The van der Waals surface area contributed by atoms with Gasteiger partial charge in [0.15, 0.2) is 0 Å². The van der Waals surface area contributed by atoms with Crippen LogP contribution in [0.4, 0.5) is 5.69 Å². The Kier molecular flexibility index (Phi) is 6.62. The molecule has 0 saturated heterocycles. The lowest BCUT2D eigenvalue weighted by atomic mass is 10.0. The third-order valence-corrected chi connectivity index (χ3v) is 4.05. The van der Waals surface area contributed by atoms with E-state index in [1.54, 1.807) is 6.08 Å². The number of benzene rings is 2. The minimum Gasteiger partial charge on any atom is -0.343 e. The van der Waals surface area contributed by atoms with Crippen LogP contribution in [0.1, 0.15) is 36.5 Å². The quantitative estimate of drug-likeness (QED) is 0.535.